The summed E-state index contributed by atoms with van der Waals surface area (Å²) in [6.45, 7) is -0.00347. The molecule has 2 nitrogen and oxygen atoms in total. The van der Waals surface area contributed by atoms with Crippen LogP contribution in [0.5, 0.6) is 0 Å². The molecule has 0 aromatic rings. The van der Waals surface area contributed by atoms with Crippen LogP contribution in [0.3, 0.4) is 0 Å². The summed E-state index contributed by atoms with van der Waals surface area (Å²) in [5, 5.41) is 17.1. The topological polar surface area (TPSA) is 40.5 Å². The highest BCUT2D eigenvalue weighted by Crippen LogP contribution is 2.36. The molecule has 0 amide bonds. The van der Waals surface area contributed by atoms with Gasteiger partial charge in [0.05, 0.1) is 5.60 Å². The lowest BCUT2D eigenvalue weighted by Gasteiger charge is -1.99. The van der Waals surface area contributed by atoms with Crippen LogP contribution in [0.15, 0.2) is 0 Å². The molecule has 0 spiro atoms. The molecule has 0 bridgehead atoms. The van der Waals surface area contributed by atoms with E-state index in [9.17, 15) is 0 Å². The highest BCUT2D eigenvalue weighted by molar-refractivity contribution is 5.04. The van der Waals surface area contributed by atoms with Crippen molar-refractivity contribution in [1.29, 1.82) is 0 Å². The van der Waals surface area contributed by atoms with Gasteiger partial charge < -0.3 is 10.2 Å². The third-order valence-corrected chi connectivity index (χ3v) is 1.23. The first-order valence-corrected chi connectivity index (χ1v) is 2.44. The molecule has 41 valence electrons. The summed E-state index contributed by atoms with van der Waals surface area (Å²) >= 11 is 0. The SMILES string of the molecule is OC[CH]C1(O)CC1. The summed E-state index contributed by atoms with van der Waals surface area (Å²) in [4.78, 5) is 0. The molecular weight excluding hydrogens is 92.1 g/mol. The predicted molar refractivity (Wildman–Crippen MR) is 25.6 cm³/mol. The number of hydrogen-bond donors (Lipinski definition) is 2. The van der Waals surface area contributed by atoms with Crippen LogP contribution < -0.4 is 0 Å². The van der Waals surface area contributed by atoms with Gasteiger partial charge in [0, 0.05) is 13.0 Å². The van der Waals surface area contributed by atoms with Gasteiger partial charge >= 0.3 is 0 Å². The summed E-state index contributed by atoms with van der Waals surface area (Å²) in [5.41, 5.74) is -0.575. The van der Waals surface area contributed by atoms with Gasteiger partial charge in [0.1, 0.15) is 0 Å². The largest absolute Gasteiger partial charge is 0.396 e. The normalized spacial score (nSPS) is 24.9. The molecule has 1 aliphatic carbocycles. The summed E-state index contributed by atoms with van der Waals surface area (Å²) in [6, 6.07) is 0. The van der Waals surface area contributed by atoms with Gasteiger partial charge in [-0.05, 0) is 12.8 Å². The van der Waals surface area contributed by atoms with E-state index in [4.69, 9.17) is 10.2 Å². The fourth-order valence-electron chi connectivity index (χ4n) is 0.502. The average Bonchev–Trinajstić information content (AvgIpc) is 2.22. The van der Waals surface area contributed by atoms with Gasteiger partial charge in [-0.1, -0.05) is 0 Å². The highest BCUT2D eigenvalue weighted by Gasteiger charge is 2.39. The van der Waals surface area contributed by atoms with Crippen LogP contribution in [0.2, 0.25) is 0 Å². The van der Waals surface area contributed by atoms with E-state index in [1.807, 2.05) is 0 Å². The smallest absolute Gasteiger partial charge is 0.0704 e. The molecule has 0 atom stereocenters. The standard InChI is InChI=1S/C5H9O2/c6-4-3-5(7)1-2-5/h3,6-7H,1-2,4H2. The fourth-order valence-corrected chi connectivity index (χ4v) is 0.502. The van der Waals surface area contributed by atoms with Crippen LogP contribution in [0.1, 0.15) is 12.8 Å². The minimum Gasteiger partial charge on any atom is -0.396 e. The molecule has 1 fully saturated rings. The lowest BCUT2D eigenvalue weighted by Crippen LogP contribution is -2.09. The van der Waals surface area contributed by atoms with E-state index in [-0.39, 0.29) is 6.61 Å². The first-order valence-electron chi connectivity index (χ1n) is 2.44. The second-order valence-corrected chi connectivity index (χ2v) is 1.99. The third kappa shape index (κ3) is 1.14. The van der Waals surface area contributed by atoms with Crippen LogP contribution in [-0.4, -0.2) is 22.4 Å². The van der Waals surface area contributed by atoms with Gasteiger partial charge in [0.2, 0.25) is 0 Å². The van der Waals surface area contributed by atoms with Crippen molar-refractivity contribution in [2.24, 2.45) is 0 Å². The van der Waals surface area contributed by atoms with Crippen LogP contribution in [0, 0.1) is 6.42 Å². The molecule has 1 saturated carbocycles. The van der Waals surface area contributed by atoms with E-state index in [2.05, 4.69) is 0 Å². The number of aliphatic hydroxyl groups excluding tert-OH is 1. The van der Waals surface area contributed by atoms with Crippen molar-refractivity contribution in [3.8, 4) is 0 Å². The van der Waals surface area contributed by atoms with Crippen molar-refractivity contribution in [3.63, 3.8) is 0 Å². The Bertz CT molecular complexity index is 66.5. The van der Waals surface area contributed by atoms with E-state index in [1.165, 1.54) is 6.42 Å². The van der Waals surface area contributed by atoms with Gasteiger partial charge in [-0.25, -0.2) is 0 Å². The molecule has 0 saturated heterocycles. The van der Waals surface area contributed by atoms with E-state index >= 15 is 0 Å². The Morgan fingerprint density at radius 2 is 2.14 bits per heavy atom. The zero-order valence-corrected chi connectivity index (χ0v) is 4.09. The van der Waals surface area contributed by atoms with E-state index in [0.717, 1.165) is 12.8 Å². The second kappa shape index (κ2) is 1.46. The molecule has 7 heavy (non-hydrogen) atoms. The van der Waals surface area contributed by atoms with E-state index in [1.54, 1.807) is 0 Å². The molecule has 0 unspecified atom stereocenters. The first kappa shape index (κ1) is 5.06. The quantitative estimate of drug-likeness (QED) is 0.501. The molecule has 2 N–H and O–H groups in total. The maximum atomic E-state index is 8.91. The van der Waals surface area contributed by atoms with Gasteiger partial charge in [-0.2, -0.15) is 0 Å². The minimum atomic E-state index is -0.575. The first-order chi connectivity index (χ1) is 3.27. The molecular formula is C5H9O2. The van der Waals surface area contributed by atoms with Crippen LogP contribution in [0.25, 0.3) is 0 Å². The van der Waals surface area contributed by atoms with Crippen LogP contribution >= 0.6 is 0 Å². The second-order valence-electron chi connectivity index (χ2n) is 1.99. The molecule has 0 aromatic carbocycles. The van der Waals surface area contributed by atoms with Gasteiger partial charge in [-0.15, -0.1) is 0 Å². The Morgan fingerprint density at radius 1 is 1.57 bits per heavy atom. The highest BCUT2D eigenvalue weighted by atomic mass is 16.3. The van der Waals surface area contributed by atoms with Crippen molar-refractivity contribution < 1.29 is 10.2 Å². The predicted octanol–water partition coefficient (Wildman–Crippen LogP) is -0.292. The zero-order valence-electron chi connectivity index (χ0n) is 4.09. The number of hydrogen-bond acceptors (Lipinski definition) is 2. The van der Waals surface area contributed by atoms with Crippen molar-refractivity contribution >= 4 is 0 Å². The molecule has 1 aliphatic rings. The van der Waals surface area contributed by atoms with Crippen molar-refractivity contribution in [2.75, 3.05) is 6.61 Å². The molecule has 0 aliphatic heterocycles. The van der Waals surface area contributed by atoms with E-state index in [0.29, 0.717) is 0 Å². The van der Waals surface area contributed by atoms with Crippen LogP contribution in [-0.2, 0) is 0 Å². The maximum Gasteiger partial charge on any atom is 0.0704 e. The molecule has 0 heterocycles. The molecule has 1 rings (SSSR count). The summed E-state index contributed by atoms with van der Waals surface area (Å²) < 4.78 is 0. The summed E-state index contributed by atoms with van der Waals surface area (Å²) in [5.74, 6) is 0. The third-order valence-electron chi connectivity index (χ3n) is 1.23. The Kier molecular flexibility index (Phi) is 1.05. The summed E-state index contributed by atoms with van der Waals surface area (Å²) in [7, 11) is 0. The number of rotatable bonds is 2. The molecule has 1 radical (unpaired) electrons. The minimum absolute atomic E-state index is 0.00347. The average molecular weight is 101 g/mol. The Labute approximate surface area is 42.8 Å². The van der Waals surface area contributed by atoms with Crippen molar-refractivity contribution in [1.82, 2.24) is 0 Å². The number of aliphatic hydroxyl groups is 2. The Balaban J connectivity index is 2.13. The van der Waals surface area contributed by atoms with Crippen LogP contribution in [0.4, 0.5) is 0 Å². The van der Waals surface area contributed by atoms with Gasteiger partial charge in [-0.3, -0.25) is 0 Å². The van der Waals surface area contributed by atoms with E-state index < -0.39 is 5.60 Å². The van der Waals surface area contributed by atoms with Gasteiger partial charge in [0.25, 0.3) is 0 Å². The van der Waals surface area contributed by atoms with Crippen molar-refractivity contribution in [3.05, 3.63) is 6.42 Å². The Morgan fingerprint density at radius 3 is 2.29 bits per heavy atom. The maximum absolute atomic E-state index is 8.91. The molecule has 2 heteroatoms. The van der Waals surface area contributed by atoms with Gasteiger partial charge in [0.15, 0.2) is 0 Å². The summed E-state index contributed by atoms with van der Waals surface area (Å²) in [6.07, 6.45) is 3.19. The zero-order chi connectivity index (χ0) is 5.33. The fraction of sp³-hybridized carbons (Fsp3) is 0.800. The lowest BCUT2D eigenvalue weighted by molar-refractivity contribution is 0.162. The van der Waals surface area contributed by atoms with Crippen molar-refractivity contribution in [2.45, 2.75) is 18.4 Å². The lowest BCUT2D eigenvalue weighted by atomic mass is 10.2. The molecule has 0 aromatic heterocycles. The Hall–Kier alpha value is -0.0800. The monoisotopic (exact) mass is 101 g/mol.